The van der Waals surface area contributed by atoms with E-state index in [-0.39, 0.29) is 11.1 Å². The molecule has 35 heavy (non-hydrogen) atoms. The van der Waals surface area contributed by atoms with Crippen LogP contribution in [0.15, 0.2) is 65.1 Å². The van der Waals surface area contributed by atoms with Gasteiger partial charge >= 0.3 is 12.1 Å². The van der Waals surface area contributed by atoms with Crippen LogP contribution in [0.25, 0.3) is 11.1 Å². The summed E-state index contributed by atoms with van der Waals surface area (Å²) in [5.41, 5.74) is 1.15. The minimum atomic E-state index is -4.64. The van der Waals surface area contributed by atoms with Crippen molar-refractivity contribution in [3.63, 3.8) is 0 Å². The molecule has 0 spiro atoms. The van der Waals surface area contributed by atoms with E-state index >= 15 is 0 Å². The second kappa shape index (κ2) is 11.1. The molecule has 1 heterocycles. The number of ether oxygens (including phenoxy) is 3. The highest BCUT2D eigenvalue weighted by Gasteiger charge is 2.37. The summed E-state index contributed by atoms with van der Waals surface area (Å²) in [6.07, 6.45) is -3.36. The zero-order valence-corrected chi connectivity index (χ0v) is 19.8. The maximum atomic E-state index is 12.7. The molecule has 0 aliphatic heterocycles. The van der Waals surface area contributed by atoms with Crippen LogP contribution in [0.5, 0.6) is 17.2 Å². The number of oxazole rings is 1. The van der Waals surface area contributed by atoms with Gasteiger partial charge in [-0.05, 0) is 30.5 Å². The van der Waals surface area contributed by atoms with E-state index in [1.165, 1.54) is 12.1 Å². The first-order valence-corrected chi connectivity index (χ1v) is 11.4. The summed E-state index contributed by atoms with van der Waals surface area (Å²) < 4.78 is 60.0. The average Bonchev–Trinajstić information content (AvgIpc) is 3.26. The lowest BCUT2D eigenvalue weighted by Gasteiger charge is -2.13. The van der Waals surface area contributed by atoms with Crippen molar-refractivity contribution in [3.05, 3.63) is 82.2 Å². The number of hydrogen-bond acceptors (Lipinski definition) is 5. The molecular formula is C25H20Cl2F3NO4. The summed E-state index contributed by atoms with van der Waals surface area (Å²) in [5.74, 6) is 0.0172. The summed E-state index contributed by atoms with van der Waals surface area (Å²) in [7, 11) is 0. The van der Waals surface area contributed by atoms with Crippen molar-refractivity contribution in [2.24, 2.45) is 0 Å². The van der Waals surface area contributed by atoms with Crippen LogP contribution in [0, 0.1) is 0 Å². The molecule has 1 aromatic heterocycles. The average molecular weight is 526 g/mol. The fourth-order valence-corrected chi connectivity index (χ4v) is 3.76. The van der Waals surface area contributed by atoms with Gasteiger partial charge in [-0.2, -0.15) is 13.2 Å². The Balaban J connectivity index is 1.21. The van der Waals surface area contributed by atoms with Crippen molar-refractivity contribution in [1.82, 2.24) is 4.98 Å². The van der Waals surface area contributed by atoms with Gasteiger partial charge in [0.15, 0.2) is 11.3 Å². The smallest absolute Gasteiger partial charge is 0.468 e. The van der Waals surface area contributed by atoms with Gasteiger partial charge in [0.25, 0.3) is 0 Å². The molecular weight excluding hydrogens is 506 g/mol. The monoisotopic (exact) mass is 525 g/mol. The number of alkyl halides is 3. The van der Waals surface area contributed by atoms with Crippen LogP contribution in [0.1, 0.15) is 24.3 Å². The third-order valence-electron chi connectivity index (χ3n) is 4.88. The van der Waals surface area contributed by atoms with E-state index in [9.17, 15) is 13.2 Å². The Labute approximate surface area is 209 Å². The van der Waals surface area contributed by atoms with Gasteiger partial charge in [0.05, 0.1) is 23.3 Å². The largest absolute Gasteiger partial charge is 0.493 e. The van der Waals surface area contributed by atoms with Crippen molar-refractivity contribution in [2.45, 2.75) is 25.6 Å². The second-order valence-electron chi connectivity index (χ2n) is 7.54. The third kappa shape index (κ3) is 6.74. The molecule has 0 aliphatic rings. The number of benzene rings is 3. The van der Waals surface area contributed by atoms with E-state index < -0.39 is 12.1 Å². The van der Waals surface area contributed by atoms with E-state index in [2.05, 4.69) is 4.98 Å². The van der Waals surface area contributed by atoms with Gasteiger partial charge in [-0.1, -0.05) is 53.5 Å². The molecule has 5 nitrogen and oxygen atoms in total. The zero-order valence-electron chi connectivity index (χ0n) is 18.3. The maximum absolute atomic E-state index is 12.7. The molecule has 0 amide bonds. The van der Waals surface area contributed by atoms with E-state index in [1.807, 2.05) is 30.3 Å². The van der Waals surface area contributed by atoms with Gasteiger partial charge in [-0.25, -0.2) is 4.98 Å². The highest BCUT2D eigenvalue weighted by molar-refractivity contribution is 6.37. The molecule has 0 fully saturated rings. The number of aromatic nitrogens is 1. The highest BCUT2D eigenvalue weighted by atomic mass is 35.5. The molecule has 0 aliphatic carbocycles. The number of nitrogens with zero attached hydrogens (tertiary/aromatic N) is 1. The zero-order chi connectivity index (χ0) is 24.8. The molecule has 184 valence electrons. The minimum absolute atomic E-state index is 0.0126. The molecule has 0 saturated carbocycles. The van der Waals surface area contributed by atoms with E-state index in [0.717, 1.165) is 5.56 Å². The Morgan fingerprint density at radius 3 is 2.17 bits per heavy atom. The lowest BCUT2D eigenvalue weighted by molar-refractivity contribution is -0.156. The fourth-order valence-electron chi connectivity index (χ4n) is 3.18. The Morgan fingerprint density at radius 1 is 0.800 bits per heavy atom. The van der Waals surface area contributed by atoms with Gasteiger partial charge in [0.2, 0.25) is 0 Å². The SMILES string of the molecule is FC(F)(F)c1nc2ccc(OCCCCOc3c(Cl)cc(OCc4ccccc4)cc3Cl)cc2o1. The van der Waals surface area contributed by atoms with E-state index in [1.54, 1.807) is 18.2 Å². The molecule has 4 rings (SSSR count). The van der Waals surface area contributed by atoms with Crippen LogP contribution in [0.4, 0.5) is 13.2 Å². The second-order valence-corrected chi connectivity index (χ2v) is 8.36. The van der Waals surface area contributed by atoms with Crippen LogP contribution in [-0.4, -0.2) is 18.2 Å². The van der Waals surface area contributed by atoms with Gasteiger partial charge in [-0.3, -0.25) is 0 Å². The van der Waals surface area contributed by atoms with Crippen molar-refractivity contribution in [3.8, 4) is 17.2 Å². The Hall–Kier alpha value is -3.10. The van der Waals surface area contributed by atoms with Gasteiger partial charge in [-0.15, -0.1) is 0 Å². The molecule has 0 saturated heterocycles. The number of fused-ring (bicyclic) bond motifs is 1. The lowest BCUT2D eigenvalue weighted by Crippen LogP contribution is -2.04. The maximum Gasteiger partial charge on any atom is 0.468 e. The van der Waals surface area contributed by atoms with E-state index in [0.29, 0.717) is 60.0 Å². The predicted molar refractivity (Wildman–Crippen MR) is 126 cm³/mol. The molecule has 0 atom stereocenters. The Bertz CT molecular complexity index is 1260. The number of rotatable bonds is 10. The quantitative estimate of drug-likeness (QED) is 0.196. The Kier molecular flexibility index (Phi) is 7.93. The van der Waals surface area contributed by atoms with Gasteiger partial charge in [0, 0.05) is 18.2 Å². The molecule has 0 N–H and O–H groups in total. The summed E-state index contributed by atoms with van der Waals surface area (Å²) >= 11 is 12.6. The molecule has 4 aromatic rings. The van der Waals surface area contributed by atoms with Crippen molar-refractivity contribution in [1.29, 1.82) is 0 Å². The molecule has 0 bridgehead atoms. The normalized spacial score (nSPS) is 11.6. The lowest BCUT2D eigenvalue weighted by atomic mass is 10.2. The van der Waals surface area contributed by atoms with Crippen molar-refractivity contribution >= 4 is 34.3 Å². The highest BCUT2D eigenvalue weighted by Crippen LogP contribution is 2.37. The summed E-state index contributed by atoms with van der Waals surface area (Å²) in [4.78, 5) is 3.43. The molecule has 3 aromatic carbocycles. The summed E-state index contributed by atoms with van der Waals surface area (Å²) in [6, 6.07) is 17.4. The fraction of sp³-hybridized carbons (Fsp3) is 0.240. The minimum Gasteiger partial charge on any atom is -0.493 e. The van der Waals surface area contributed by atoms with Crippen LogP contribution in [0.2, 0.25) is 10.0 Å². The predicted octanol–water partition coefficient (Wildman–Crippen LogP) is 7.97. The molecule has 0 radical (unpaired) electrons. The van der Waals surface area contributed by atoms with Crippen molar-refractivity contribution in [2.75, 3.05) is 13.2 Å². The summed E-state index contributed by atoms with van der Waals surface area (Å²) in [6.45, 7) is 1.08. The number of hydrogen-bond donors (Lipinski definition) is 0. The van der Waals surface area contributed by atoms with Crippen LogP contribution >= 0.6 is 23.2 Å². The van der Waals surface area contributed by atoms with Crippen molar-refractivity contribution < 1.29 is 31.8 Å². The summed E-state index contributed by atoms with van der Waals surface area (Å²) in [5, 5.41) is 0.686. The first-order valence-electron chi connectivity index (χ1n) is 10.7. The van der Waals surface area contributed by atoms with E-state index in [4.69, 9.17) is 41.8 Å². The van der Waals surface area contributed by atoms with Crippen LogP contribution in [0.3, 0.4) is 0 Å². The Morgan fingerprint density at radius 2 is 1.49 bits per heavy atom. The first-order chi connectivity index (χ1) is 16.8. The third-order valence-corrected chi connectivity index (χ3v) is 5.44. The topological polar surface area (TPSA) is 53.7 Å². The van der Waals surface area contributed by atoms with Crippen LogP contribution < -0.4 is 14.2 Å². The standard InChI is InChI=1S/C25H20Cl2F3NO4/c26-19-12-18(34-15-16-6-2-1-3-7-16)13-20(27)23(19)33-11-5-4-10-32-17-8-9-21-22(14-17)35-24(31-21)25(28,29)30/h1-3,6-9,12-14H,4-5,10-11,15H2. The molecule has 10 heteroatoms. The van der Waals surface area contributed by atoms with Crippen LogP contribution in [-0.2, 0) is 12.8 Å². The first kappa shape index (κ1) is 25.0. The number of unbranched alkanes of at least 4 members (excludes halogenated alkanes) is 1. The number of halogens is 5. The van der Waals surface area contributed by atoms with Gasteiger partial charge in [0.1, 0.15) is 23.6 Å². The molecule has 0 unspecified atom stereocenters. The van der Waals surface area contributed by atoms with Gasteiger partial charge < -0.3 is 18.6 Å².